The minimum atomic E-state index is -4.48. The molecule has 0 atom stereocenters. The molecule has 8 heteroatoms. The SMILES string of the molecule is CC(C)n1c(Cl)c(C(=O)Nc2ccc(C(F)(F)F)cn2)c2ccccc21. The fourth-order valence-corrected chi connectivity index (χ4v) is 3.24. The van der Waals surface area contributed by atoms with E-state index in [4.69, 9.17) is 11.6 Å². The Balaban J connectivity index is 1.97. The highest BCUT2D eigenvalue weighted by Gasteiger charge is 2.31. The van der Waals surface area contributed by atoms with Crippen molar-refractivity contribution >= 4 is 34.2 Å². The standard InChI is InChI=1S/C18H15ClF3N3O/c1-10(2)25-13-6-4-3-5-12(13)15(16(25)19)17(26)24-14-8-7-11(9-23-14)18(20,21)22/h3-10H,1-2H3,(H,23,24,26). The molecule has 0 bridgehead atoms. The van der Waals surface area contributed by atoms with Gasteiger partial charge >= 0.3 is 6.18 Å². The van der Waals surface area contributed by atoms with Crippen molar-refractivity contribution in [3.8, 4) is 0 Å². The van der Waals surface area contributed by atoms with Crippen molar-refractivity contribution in [1.82, 2.24) is 9.55 Å². The number of carbonyl (C=O) groups is 1. The molecule has 0 fully saturated rings. The lowest BCUT2D eigenvalue weighted by Gasteiger charge is -2.11. The molecule has 0 aliphatic rings. The molecule has 1 amide bonds. The molecular formula is C18H15ClF3N3O. The number of para-hydroxylation sites is 1. The highest BCUT2D eigenvalue weighted by Crippen LogP contribution is 2.33. The molecule has 0 aliphatic heterocycles. The Morgan fingerprint density at radius 3 is 2.46 bits per heavy atom. The second-order valence-corrected chi connectivity index (χ2v) is 6.39. The van der Waals surface area contributed by atoms with Crippen LogP contribution in [0.25, 0.3) is 10.9 Å². The van der Waals surface area contributed by atoms with Crippen LogP contribution < -0.4 is 5.32 Å². The number of carbonyl (C=O) groups excluding carboxylic acids is 1. The van der Waals surface area contributed by atoms with Gasteiger partial charge in [0, 0.05) is 17.6 Å². The fraction of sp³-hybridized carbons (Fsp3) is 0.222. The topological polar surface area (TPSA) is 46.9 Å². The number of alkyl halides is 3. The molecule has 0 aliphatic carbocycles. The van der Waals surface area contributed by atoms with Gasteiger partial charge in [-0.2, -0.15) is 13.2 Å². The predicted octanol–water partition coefficient (Wildman–Crippen LogP) is 5.54. The average Bonchev–Trinajstić information content (AvgIpc) is 2.86. The maximum Gasteiger partial charge on any atom is 0.417 e. The van der Waals surface area contributed by atoms with E-state index in [9.17, 15) is 18.0 Å². The van der Waals surface area contributed by atoms with Crippen molar-refractivity contribution < 1.29 is 18.0 Å². The molecule has 2 heterocycles. The molecule has 26 heavy (non-hydrogen) atoms. The van der Waals surface area contributed by atoms with E-state index in [1.165, 1.54) is 0 Å². The highest BCUT2D eigenvalue weighted by molar-refractivity contribution is 6.36. The number of hydrogen-bond donors (Lipinski definition) is 1. The second-order valence-electron chi connectivity index (χ2n) is 6.03. The number of amides is 1. The third kappa shape index (κ3) is 3.26. The summed E-state index contributed by atoms with van der Waals surface area (Å²) in [6, 6.07) is 9.26. The van der Waals surface area contributed by atoms with Crippen LogP contribution in [0.1, 0.15) is 35.8 Å². The van der Waals surface area contributed by atoms with Gasteiger partial charge in [-0.25, -0.2) is 4.98 Å². The minimum Gasteiger partial charge on any atom is -0.328 e. The Labute approximate surface area is 152 Å². The summed E-state index contributed by atoms with van der Waals surface area (Å²) in [5, 5.41) is 3.44. The zero-order chi connectivity index (χ0) is 19.1. The summed E-state index contributed by atoms with van der Waals surface area (Å²) in [4.78, 5) is 16.4. The molecule has 0 radical (unpaired) electrons. The Morgan fingerprint density at radius 2 is 1.88 bits per heavy atom. The molecule has 0 unspecified atom stereocenters. The van der Waals surface area contributed by atoms with Crippen LogP contribution in [-0.2, 0) is 6.18 Å². The van der Waals surface area contributed by atoms with E-state index in [-0.39, 0.29) is 22.6 Å². The maximum atomic E-state index is 12.7. The molecule has 0 spiro atoms. The van der Waals surface area contributed by atoms with Crippen molar-refractivity contribution in [2.75, 3.05) is 5.32 Å². The van der Waals surface area contributed by atoms with Crippen molar-refractivity contribution in [3.05, 3.63) is 58.9 Å². The third-order valence-electron chi connectivity index (χ3n) is 3.93. The van der Waals surface area contributed by atoms with E-state index in [1.54, 1.807) is 12.1 Å². The number of aromatic nitrogens is 2. The fourth-order valence-electron chi connectivity index (χ4n) is 2.77. The Bertz CT molecular complexity index is 962. The minimum absolute atomic E-state index is 0.0143. The molecule has 4 nitrogen and oxygen atoms in total. The van der Waals surface area contributed by atoms with E-state index >= 15 is 0 Å². The number of nitrogens with one attached hydrogen (secondary N) is 1. The van der Waals surface area contributed by atoms with Crippen molar-refractivity contribution in [2.24, 2.45) is 0 Å². The van der Waals surface area contributed by atoms with Gasteiger partial charge in [0.15, 0.2) is 0 Å². The van der Waals surface area contributed by atoms with Gasteiger partial charge in [0.25, 0.3) is 5.91 Å². The van der Waals surface area contributed by atoms with E-state index in [2.05, 4.69) is 10.3 Å². The Kier molecular flexibility index (Phi) is 4.66. The normalized spacial score (nSPS) is 12.0. The zero-order valence-corrected chi connectivity index (χ0v) is 14.7. The number of fused-ring (bicyclic) bond motifs is 1. The van der Waals surface area contributed by atoms with Gasteiger partial charge in [0.2, 0.25) is 0 Å². The first-order valence-electron chi connectivity index (χ1n) is 7.83. The number of rotatable bonds is 3. The molecule has 2 aromatic heterocycles. The van der Waals surface area contributed by atoms with Crippen LogP contribution in [0.4, 0.5) is 19.0 Å². The van der Waals surface area contributed by atoms with E-state index in [0.29, 0.717) is 11.6 Å². The number of nitrogens with zero attached hydrogens (tertiary/aromatic N) is 2. The summed E-state index contributed by atoms with van der Waals surface area (Å²) in [6.07, 6.45) is -3.81. The largest absolute Gasteiger partial charge is 0.417 e. The number of benzene rings is 1. The van der Waals surface area contributed by atoms with Crippen molar-refractivity contribution in [2.45, 2.75) is 26.1 Å². The van der Waals surface area contributed by atoms with Crippen LogP contribution in [0.3, 0.4) is 0 Å². The van der Waals surface area contributed by atoms with Gasteiger partial charge in [-0.15, -0.1) is 0 Å². The summed E-state index contributed by atoms with van der Waals surface area (Å²) in [6.45, 7) is 3.88. The van der Waals surface area contributed by atoms with Crippen LogP contribution in [0, 0.1) is 0 Å². The lowest BCUT2D eigenvalue weighted by molar-refractivity contribution is -0.137. The van der Waals surface area contributed by atoms with Gasteiger partial charge in [-0.05, 0) is 32.0 Å². The molecule has 1 N–H and O–H groups in total. The van der Waals surface area contributed by atoms with Gasteiger partial charge in [-0.3, -0.25) is 4.79 Å². The van der Waals surface area contributed by atoms with Crippen molar-refractivity contribution in [1.29, 1.82) is 0 Å². The lowest BCUT2D eigenvalue weighted by Crippen LogP contribution is -2.14. The average molecular weight is 382 g/mol. The molecule has 0 saturated carbocycles. The van der Waals surface area contributed by atoms with E-state index in [1.807, 2.05) is 30.5 Å². The van der Waals surface area contributed by atoms with E-state index < -0.39 is 17.6 Å². The summed E-state index contributed by atoms with van der Waals surface area (Å²) in [7, 11) is 0. The summed E-state index contributed by atoms with van der Waals surface area (Å²) >= 11 is 6.43. The van der Waals surface area contributed by atoms with Crippen LogP contribution >= 0.6 is 11.6 Å². The maximum absolute atomic E-state index is 12.7. The number of halogens is 4. The molecule has 3 rings (SSSR count). The van der Waals surface area contributed by atoms with Gasteiger partial charge < -0.3 is 9.88 Å². The predicted molar refractivity (Wildman–Crippen MR) is 94.5 cm³/mol. The first-order chi connectivity index (χ1) is 12.2. The summed E-state index contributed by atoms with van der Waals surface area (Å²) in [5.41, 5.74) is 0.181. The quantitative estimate of drug-likeness (QED) is 0.647. The highest BCUT2D eigenvalue weighted by atomic mass is 35.5. The molecule has 3 aromatic rings. The monoisotopic (exact) mass is 381 g/mol. The number of pyridine rings is 1. The van der Waals surface area contributed by atoms with Gasteiger partial charge in [-0.1, -0.05) is 29.8 Å². The van der Waals surface area contributed by atoms with Crippen molar-refractivity contribution in [3.63, 3.8) is 0 Å². The van der Waals surface area contributed by atoms with Gasteiger partial charge in [0.05, 0.1) is 16.6 Å². The molecular weight excluding hydrogens is 367 g/mol. The summed E-state index contributed by atoms with van der Waals surface area (Å²) < 4.78 is 39.6. The zero-order valence-electron chi connectivity index (χ0n) is 13.9. The second kappa shape index (κ2) is 6.64. The Morgan fingerprint density at radius 1 is 1.19 bits per heavy atom. The Hall–Kier alpha value is -2.54. The summed E-state index contributed by atoms with van der Waals surface area (Å²) in [5.74, 6) is -0.515. The third-order valence-corrected chi connectivity index (χ3v) is 4.30. The van der Waals surface area contributed by atoms with Crippen LogP contribution in [-0.4, -0.2) is 15.5 Å². The first kappa shape index (κ1) is 18.3. The number of hydrogen-bond acceptors (Lipinski definition) is 2. The van der Waals surface area contributed by atoms with Crippen LogP contribution in [0.5, 0.6) is 0 Å². The van der Waals surface area contributed by atoms with E-state index in [0.717, 1.165) is 17.6 Å². The first-order valence-corrected chi connectivity index (χ1v) is 8.21. The van der Waals surface area contributed by atoms with Gasteiger partial charge in [0.1, 0.15) is 11.0 Å². The van der Waals surface area contributed by atoms with Crippen LogP contribution in [0.15, 0.2) is 42.6 Å². The molecule has 136 valence electrons. The number of anilines is 1. The molecule has 1 aromatic carbocycles. The molecule has 0 saturated heterocycles. The smallest absolute Gasteiger partial charge is 0.328 e. The lowest BCUT2D eigenvalue weighted by atomic mass is 10.1. The van der Waals surface area contributed by atoms with Crippen LogP contribution in [0.2, 0.25) is 5.15 Å².